The van der Waals surface area contributed by atoms with Crippen LogP contribution in [0.3, 0.4) is 0 Å². The summed E-state index contributed by atoms with van der Waals surface area (Å²) in [6.07, 6.45) is 2.50. The van der Waals surface area contributed by atoms with Gasteiger partial charge in [-0.15, -0.1) is 0 Å². The molecule has 1 atom stereocenters. The highest BCUT2D eigenvalue weighted by Gasteiger charge is 2.15. The van der Waals surface area contributed by atoms with Crippen molar-refractivity contribution >= 4 is 23.2 Å². The zero-order valence-corrected chi connectivity index (χ0v) is 15.8. The standard InChI is InChI=1S/C19H21N5O4/c1-11(10-27-3)23-19(26)28-15-9-22-17-16(15)24-14(8-21-17)12-5-4-6-13(7-12)18(25)20-2/h4-9,11H,10H2,1-3H3,(H,20,25)(H,21,22)(H,23,26). The van der Waals surface area contributed by atoms with Crippen LogP contribution in [-0.2, 0) is 4.74 Å². The Hall–Kier alpha value is -3.46. The van der Waals surface area contributed by atoms with Gasteiger partial charge in [0.2, 0.25) is 0 Å². The molecule has 0 aliphatic rings. The smallest absolute Gasteiger partial charge is 0.406 e. The summed E-state index contributed by atoms with van der Waals surface area (Å²) >= 11 is 0. The molecule has 3 rings (SSSR count). The third-order valence-corrected chi connectivity index (χ3v) is 3.98. The SMILES string of the molecule is CNC(=O)c1cccc(-c2cnc3[nH]cc(OC(=O)NC(C)COC)c3n2)c1. The molecule has 0 radical (unpaired) electrons. The Morgan fingerprint density at radius 2 is 2.14 bits per heavy atom. The van der Waals surface area contributed by atoms with E-state index in [0.29, 0.717) is 29.0 Å². The minimum absolute atomic E-state index is 0.191. The number of nitrogens with zero attached hydrogens (tertiary/aromatic N) is 2. The van der Waals surface area contributed by atoms with Crippen molar-refractivity contribution in [1.82, 2.24) is 25.6 Å². The number of benzene rings is 1. The maximum absolute atomic E-state index is 12.1. The molecule has 146 valence electrons. The molecule has 28 heavy (non-hydrogen) atoms. The second kappa shape index (κ2) is 8.49. The van der Waals surface area contributed by atoms with Crippen LogP contribution in [-0.4, -0.2) is 53.8 Å². The maximum Gasteiger partial charge on any atom is 0.413 e. The second-order valence-electron chi connectivity index (χ2n) is 6.16. The molecular formula is C19H21N5O4. The first-order valence-electron chi connectivity index (χ1n) is 8.65. The van der Waals surface area contributed by atoms with Gasteiger partial charge in [-0.1, -0.05) is 12.1 Å². The number of amides is 2. The van der Waals surface area contributed by atoms with E-state index in [-0.39, 0.29) is 17.7 Å². The number of aromatic nitrogens is 3. The lowest BCUT2D eigenvalue weighted by molar-refractivity contribution is 0.0963. The number of rotatable bonds is 6. The van der Waals surface area contributed by atoms with Gasteiger partial charge in [0, 0.05) is 31.5 Å². The summed E-state index contributed by atoms with van der Waals surface area (Å²) in [7, 11) is 3.13. The number of fused-ring (bicyclic) bond motifs is 1. The quantitative estimate of drug-likeness (QED) is 0.600. The van der Waals surface area contributed by atoms with Gasteiger partial charge in [0.25, 0.3) is 5.91 Å². The molecule has 2 amide bonds. The molecule has 1 aromatic carbocycles. The van der Waals surface area contributed by atoms with Crippen molar-refractivity contribution in [3.63, 3.8) is 0 Å². The van der Waals surface area contributed by atoms with E-state index in [1.165, 1.54) is 6.20 Å². The van der Waals surface area contributed by atoms with E-state index >= 15 is 0 Å². The average Bonchev–Trinajstić information content (AvgIpc) is 3.09. The van der Waals surface area contributed by atoms with Gasteiger partial charge in [0.15, 0.2) is 16.9 Å². The van der Waals surface area contributed by atoms with Crippen molar-refractivity contribution in [3.8, 4) is 17.0 Å². The number of carbonyl (C=O) groups is 2. The fraction of sp³-hybridized carbons (Fsp3) is 0.263. The van der Waals surface area contributed by atoms with Crippen LogP contribution in [0.4, 0.5) is 4.79 Å². The van der Waals surface area contributed by atoms with Gasteiger partial charge < -0.3 is 25.1 Å². The zero-order chi connectivity index (χ0) is 20.1. The first-order chi connectivity index (χ1) is 13.5. The van der Waals surface area contributed by atoms with Gasteiger partial charge in [-0.2, -0.15) is 0 Å². The summed E-state index contributed by atoms with van der Waals surface area (Å²) < 4.78 is 10.3. The number of nitrogens with one attached hydrogen (secondary N) is 3. The predicted molar refractivity (Wildman–Crippen MR) is 103 cm³/mol. The number of hydrogen-bond donors (Lipinski definition) is 3. The summed E-state index contributed by atoms with van der Waals surface area (Å²) in [5.41, 5.74) is 2.69. The Kier molecular flexibility index (Phi) is 5.85. The Balaban J connectivity index is 1.87. The third-order valence-electron chi connectivity index (χ3n) is 3.98. The first-order valence-corrected chi connectivity index (χ1v) is 8.65. The maximum atomic E-state index is 12.1. The molecule has 9 nitrogen and oxygen atoms in total. The Morgan fingerprint density at radius 3 is 2.89 bits per heavy atom. The molecule has 2 heterocycles. The van der Waals surface area contributed by atoms with Crippen molar-refractivity contribution in [2.45, 2.75) is 13.0 Å². The monoisotopic (exact) mass is 383 g/mol. The van der Waals surface area contributed by atoms with Crippen LogP contribution in [0.1, 0.15) is 17.3 Å². The van der Waals surface area contributed by atoms with E-state index in [0.717, 1.165) is 5.56 Å². The minimum Gasteiger partial charge on any atom is -0.406 e. The summed E-state index contributed by atoms with van der Waals surface area (Å²) in [4.78, 5) is 35.7. The molecule has 0 aliphatic heterocycles. The molecule has 3 aromatic rings. The van der Waals surface area contributed by atoms with Crippen molar-refractivity contribution < 1.29 is 19.1 Å². The van der Waals surface area contributed by atoms with Crippen LogP contribution in [0.2, 0.25) is 0 Å². The van der Waals surface area contributed by atoms with E-state index in [4.69, 9.17) is 9.47 Å². The lowest BCUT2D eigenvalue weighted by Crippen LogP contribution is -2.37. The summed E-state index contributed by atoms with van der Waals surface area (Å²) in [6.45, 7) is 2.17. The van der Waals surface area contributed by atoms with Crippen LogP contribution in [0.5, 0.6) is 5.75 Å². The van der Waals surface area contributed by atoms with Gasteiger partial charge >= 0.3 is 6.09 Å². The van der Waals surface area contributed by atoms with Gasteiger partial charge in [-0.3, -0.25) is 4.79 Å². The predicted octanol–water partition coefficient (Wildman–Crippen LogP) is 2.11. The molecule has 0 saturated heterocycles. The fourth-order valence-electron chi connectivity index (χ4n) is 2.67. The lowest BCUT2D eigenvalue weighted by atomic mass is 10.1. The van der Waals surface area contributed by atoms with E-state index in [2.05, 4.69) is 25.6 Å². The molecule has 0 fully saturated rings. The molecule has 3 N–H and O–H groups in total. The first kappa shape index (κ1) is 19.3. The molecular weight excluding hydrogens is 362 g/mol. The molecule has 0 saturated carbocycles. The number of methoxy groups -OCH3 is 1. The average molecular weight is 383 g/mol. The van der Waals surface area contributed by atoms with Crippen molar-refractivity contribution in [2.24, 2.45) is 0 Å². The molecule has 1 unspecified atom stereocenters. The summed E-state index contributed by atoms with van der Waals surface area (Å²) in [5.74, 6) is 0.0670. The Bertz CT molecular complexity index is 1000. The number of carbonyl (C=O) groups excluding carboxylic acids is 2. The summed E-state index contributed by atoms with van der Waals surface area (Å²) in [6, 6.07) is 6.84. The lowest BCUT2D eigenvalue weighted by Gasteiger charge is -2.12. The zero-order valence-electron chi connectivity index (χ0n) is 15.8. The molecule has 0 spiro atoms. The topological polar surface area (TPSA) is 118 Å². The van der Waals surface area contributed by atoms with E-state index < -0.39 is 6.09 Å². The van der Waals surface area contributed by atoms with Crippen LogP contribution < -0.4 is 15.4 Å². The molecule has 2 aromatic heterocycles. The number of aromatic amines is 1. The number of ether oxygens (including phenoxy) is 2. The molecule has 0 bridgehead atoms. The van der Waals surface area contributed by atoms with Crippen molar-refractivity contribution in [1.29, 1.82) is 0 Å². The van der Waals surface area contributed by atoms with E-state index in [1.54, 1.807) is 45.5 Å². The highest BCUT2D eigenvalue weighted by atomic mass is 16.6. The second-order valence-corrected chi connectivity index (χ2v) is 6.16. The van der Waals surface area contributed by atoms with Gasteiger partial charge in [0.05, 0.1) is 24.5 Å². The van der Waals surface area contributed by atoms with Gasteiger partial charge in [0.1, 0.15) is 0 Å². The van der Waals surface area contributed by atoms with Crippen LogP contribution >= 0.6 is 0 Å². The molecule has 0 aliphatic carbocycles. The van der Waals surface area contributed by atoms with E-state index in [9.17, 15) is 9.59 Å². The number of H-pyrrole nitrogens is 1. The Morgan fingerprint density at radius 1 is 1.32 bits per heavy atom. The fourth-order valence-corrected chi connectivity index (χ4v) is 2.67. The van der Waals surface area contributed by atoms with Gasteiger partial charge in [-0.05, 0) is 19.1 Å². The van der Waals surface area contributed by atoms with Crippen molar-refractivity contribution in [3.05, 3.63) is 42.2 Å². The van der Waals surface area contributed by atoms with Crippen LogP contribution in [0, 0.1) is 0 Å². The minimum atomic E-state index is -0.612. The largest absolute Gasteiger partial charge is 0.413 e. The van der Waals surface area contributed by atoms with E-state index in [1.807, 2.05) is 6.07 Å². The highest BCUT2D eigenvalue weighted by Crippen LogP contribution is 2.26. The highest BCUT2D eigenvalue weighted by molar-refractivity contribution is 5.95. The van der Waals surface area contributed by atoms with Crippen LogP contribution in [0.15, 0.2) is 36.7 Å². The summed E-state index contributed by atoms with van der Waals surface area (Å²) in [5, 5.41) is 5.25. The van der Waals surface area contributed by atoms with Gasteiger partial charge in [-0.25, -0.2) is 14.8 Å². The number of hydrogen-bond acceptors (Lipinski definition) is 6. The normalized spacial score (nSPS) is 11.8. The van der Waals surface area contributed by atoms with Crippen molar-refractivity contribution in [2.75, 3.05) is 20.8 Å². The molecule has 9 heteroatoms. The Labute approximate surface area is 161 Å². The van der Waals surface area contributed by atoms with Crippen LogP contribution in [0.25, 0.3) is 22.4 Å². The third kappa shape index (κ3) is 4.26.